The van der Waals surface area contributed by atoms with E-state index in [1.54, 1.807) is 0 Å². The first-order chi connectivity index (χ1) is 16.3. The van der Waals surface area contributed by atoms with Crippen LogP contribution in [-0.4, -0.2) is 9.55 Å². The number of aromatic amines is 1. The molecular weight excluding hydrogens is 407 g/mol. The summed E-state index contributed by atoms with van der Waals surface area (Å²) in [7, 11) is 0. The highest BCUT2D eigenvalue weighted by atomic mass is 19.1. The number of nitrogens with one attached hydrogen (secondary N) is 1. The van der Waals surface area contributed by atoms with Crippen molar-refractivity contribution in [3.8, 4) is 16.8 Å². The molecule has 0 atom stereocenters. The molecule has 5 aromatic carbocycles. The number of halogens is 1. The maximum atomic E-state index is 13.6. The molecule has 0 fully saturated rings. The van der Waals surface area contributed by atoms with Gasteiger partial charge >= 0.3 is 0 Å². The first-order valence-corrected chi connectivity index (χ1v) is 11.1. The summed E-state index contributed by atoms with van der Waals surface area (Å²) in [6.07, 6.45) is 0. The lowest BCUT2D eigenvalue weighted by Gasteiger charge is -2.08. The van der Waals surface area contributed by atoms with E-state index in [9.17, 15) is 4.39 Å². The monoisotopic (exact) mass is 426 g/mol. The third kappa shape index (κ3) is 2.72. The Morgan fingerprint density at radius 1 is 0.515 bits per heavy atom. The van der Waals surface area contributed by atoms with Gasteiger partial charge in [-0.2, -0.15) is 0 Å². The second kappa shape index (κ2) is 6.81. The van der Waals surface area contributed by atoms with E-state index in [0.29, 0.717) is 0 Å². The summed E-state index contributed by atoms with van der Waals surface area (Å²) < 4.78 is 15.8. The van der Waals surface area contributed by atoms with Gasteiger partial charge in [-0.25, -0.2) is 4.39 Å². The van der Waals surface area contributed by atoms with Crippen molar-refractivity contribution in [1.82, 2.24) is 9.55 Å². The molecule has 1 N–H and O–H groups in total. The first-order valence-electron chi connectivity index (χ1n) is 11.1. The maximum Gasteiger partial charge on any atom is 0.123 e. The van der Waals surface area contributed by atoms with Gasteiger partial charge < -0.3 is 9.55 Å². The Hall–Kier alpha value is -4.37. The van der Waals surface area contributed by atoms with E-state index in [0.717, 1.165) is 27.8 Å². The Balaban J connectivity index is 1.47. The van der Waals surface area contributed by atoms with Crippen molar-refractivity contribution in [3.63, 3.8) is 0 Å². The van der Waals surface area contributed by atoms with Gasteiger partial charge in [0.05, 0.1) is 11.0 Å². The molecule has 7 aromatic rings. The lowest BCUT2D eigenvalue weighted by atomic mass is 10.0. The average molecular weight is 426 g/mol. The van der Waals surface area contributed by atoms with Crippen LogP contribution in [-0.2, 0) is 0 Å². The molecule has 2 nitrogen and oxygen atoms in total. The average Bonchev–Trinajstić information content (AvgIpc) is 3.39. The summed E-state index contributed by atoms with van der Waals surface area (Å²) in [5.41, 5.74) is 7.85. The fourth-order valence-electron chi connectivity index (χ4n) is 5.05. The summed E-state index contributed by atoms with van der Waals surface area (Å²) in [4.78, 5) is 3.51. The second-order valence-corrected chi connectivity index (χ2v) is 8.49. The van der Waals surface area contributed by atoms with Gasteiger partial charge in [-0.3, -0.25) is 0 Å². The Morgan fingerprint density at radius 2 is 1.15 bits per heavy atom. The lowest BCUT2D eigenvalue weighted by Crippen LogP contribution is -1.93. The van der Waals surface area contributed by atoms with Crippen LogP contribution in [0.4, 0.5) is 4.39 Å². The van der Waals surface area contributed by atoms with E-state index in [1.165, 1.54) is 44.8 Å². The van der Waals surface area contributed by atoms with Crippen molar-refractivity contribution < 1.29 is 4.39 Å². The molecule has 0 aliphatic heterocycles. The molecular formula is C30H19FN2. The molecule has 2 aromatic heterocycles. The predicted octanol–water partition coefficient (Wildman–Crippen LogP) is 8.22. The molecule has 3 heteroatoms. The lowest BCUT2D eigenvalue weighted by molar-refractivity contribution is 0.627. The standard InChI is InChI=1S/C30H19FN2/c31-21-11-13-22(14-12-21)33-29-8-4-2-6-24(29)26-18-20(10-16-30(26)33)19-9-15-28-25(17-19)23-5-1-3-7-27(23)32-28/h1-18,32H. The van der Waals surface area contributed by atoms with Crippen LogP contribution in [0, 0.1) is 5.82 Å². The largest absolute Gasteiger partial charge is 0.355 e. The van der Waals surface area contributed by atoms with Crippen LogP contribution in [0.5, 0.6) is 0 Å². The van der Waals surface area contributed by atoms with E-state index in [2.05, 4.69) is 88.4 Å². The molecule has 0 spiro atoms. The zero-order chi connectivity index (χ0) is 21.9. The van der Waals surface area contributed by atoms with Crippen molar-refractivity contribution in [1.29, 1.82) is 0 Å². The number of hydrogen-bond donors (Lipinski definition) is 1. The SMILES string of the molecule is Fc1ccc(-n2c3ccccc3c3cc(-c4ccc5[nH]c6ccccc6c5c4)ccc32)cc1. The third-order valence-electron chi connectivity index (χ3n) is 6.60. The normalized spacial score (nSPS) is 11.8. The number of hydrogen-bond acceptors (Lipinski definition) is 0. The van der Waals surface area contributed by atoms with E-state index < -0.39 is 0 Å². The second-order valence-electron chi connectivity index (χ2n) is 8.49. The van der Waals surface area contributed by atoms with E-state index >= 15 is 0 Å². The molecule has 0 radical (unpaired) electrons. The van der Waals surface area contributed by atoms with Gasteiger partial charge in [-0.05, 0) is 71.8 Å². The topological polar surface area (TPSA) is 20.7 Å². The van der Waals surface area contributed by atoms with Gasteiger partial charge in [0.25, 0.3) is 0 Å². The number of nitrogens with zero attached hydrogens (tertiary/aromatic N) is 1. The van der Waals surface area contributed by atoms with Crippen LogP contribution in [0.15, 0.2) is 109 Å². The van der Waals surface area contributed by atoms with Gasteiger partial charge in [0.2, 0.25) is 0 Å². The van der Waals surface area contributed by atoms with Crippen LogP contribution >= 0.6 is 0 Å². The molecule has 2 heterocycles. The van der Waals surface area contributed by atoms with Crippen molar-refractivity contribution in [2.45, 2.75) is 0 Å². The minimum absolute atomic E-state index is 0.227. The van der Waals surface area contributed by atoms with Crippen LogP contribution < -0.4 is 0 Å². The molecule has 156 valence electrons. The Bertz CT molecular complexity index is 1820. The van der Waals surface area contributed by atoms with Crippen LogP contribution in [0.2, 0.25) is 0 Å². The number of rotatable bonds is 2. The number of para-hydroxylation sites is 2. The summed E-state index contributed by atoms with van der Waals surface area (Å²) in [6.45, 7) is 0. The van der Waals surface area contributed by atoms with Crippen molar-refractivity contribution >= 4 is 43.6 Å². The molecule has 33 heavy (non-hydrogen) atoms. The van der Waals surface area contributed by atoms with E-state index in [-0.39, 0.29) is 5.82 Å². The molecule has 7 rings (SSSR count). The molecule has 0 aliphatic rings. The Morgan fingerprint density at radius 3 is 2.00 bits per heavy atom. The number of benzene rings is 5. The Labute approximate surface area is 189 Å². The first kappa shape index (κ1) is 18.2. The van der Waals surface area contributed by atoms with Gasteiger partial charge in [0, 0.05) is 38.3 Å². The molecule has 0 saturated heterocycles. The highest BCUT2D eigenvalue weighted by molar-refractivity contribution is 6.11. The fraction of sp³-hybridized carbons (Fsp3) is 0. The van der Waals surface area contributed by atoms with Crippen LogP contribution in [0.3, 0.4) is 0 Å². The van der Waals surface area contributed by atoms with Crippen molar-refractivity contribution in [3.05, 3.63) is 115 Å². The zero-order valence-corrected chi connectivity index (χ0v) is 17.7. The van der Waals surface area contributed by atoms with Crippen LogP contribution in [0.25, 0.3) is 60.4 Å². The summed E-state index contributed by atoms with van der Waals surface area (Å²) >= 11 is 0. The van der Waals surface area contributed by atoms with Gasteiger partial charge in [0.15, 0.2) is 0 Å². The van der Waals surface area contributed by atoms with Crippen LogP contribution in [0.1, 0.15) is 0 Å². The highest BCUT2D eigenvalue weighted by Crippen LogP contribution is 2.36. The minimum Gasteiger partial charge on any atom is -0.355 e. The smallest absolute Gasteiger partial charge is 0.123 e. The van der Waals surface area contributed by atoms with E-state index in [1.807, 2.05) is 18.2 Å². The van der Waals surface area contributed by atoms with Gasteiger partial charge in [-0.1, -0.05) is 48.5 Å². The van der Waals surface area contributed by atoms with Gasteiger partial charge in [0.1, 0.15) is 5.82 Å². The highest BCUT2D eigenvalue weighted by Gasteiger charge is 2.14. The summed E-state index contributed by atoms with van der Waals surface area (Å²) in [6, 6.07) is 36.8. The molecule has 0 amide bonds. The molecule has 0 saturated carbocycles. The number of H-pyrrole nitrogens is 1. The minimum atomic E-state index is -0.227. The fourth-order valence-corrected chi connectivity index (χ4v) is 5.05. The molecule has 0 bridgehead atoms. The summed E-state index contributed by atoms with van der Waals surface area (Å²) in [5, 5.41) is 4.85. The van der Waals surface area contributed by atoms with E-state index in [4.69, 9.17) is 0 Å². The number of fused-ring (bicyclic) bond motifs is 6. The van der Waals surface area contributed by atoms with Crippen molar-refractivity contribution in [2.75, 3.05) is 0 Å². The predicted molar refractivity (Wildman–Crippen MR) is 136 cm³/mol. The molecule has 0 unspecified atom stereocenters. The van der Waals surface area contributed by atoms with Gasteiger partial charge in [-0.15, -0.1) is 0 Å². The summed E-state index contributed by atoms with van der Waals surface area (Å²) in [5.74, 6) is -0.227. The zero-order valence-electron chi connectivity index (χ0n) is 17.7. The number of aromatic nitrogens is 2. The maximum absolute atomic E-state index is 13.6. The molecule has 0 aliphatic carbocycles. The Kier molecular flexibility index (Phi) is 3.76. The van der Waals surface area contributed by atoms with Crippen molar-refractivity contribution in [2.24, 2.45) is 0 Å². The third-order valence-corrected chi connectivity index (χ3v) is 6.60. The quantitative estimate of drug-likeness (QED) is 0.287.